The third kappa shape index (κ3) is 6.18. The predicted octanol–water partition coefficient (Wildman–Crippen LogP) is 6.00. The molecule has 8 heteroatoms. The SMILES string of the molecule is O=C(c1cccc(COc2ccccc2Br)c1)N1CCN(Cc2cccc(C(F)(F)F)c2)CC1. The van der Waals surface area contributed by atoms with E-state index in [2.05, 4.69) is 20.8 Å². The average Bonchev–Trinajstić information content (AvgIpc) is 2.83. The van der Waals surface area contributed by atoms with Gasteiger partial charge >= 0.3 is 6.18 Å². The molecule has 178 valence electrons. The first-order valence-electron chi connectivity index (χ1n) is 10.9. The van der Waals surface area contributed by atoms with Crippen molar-refractivity contribution in [2.24, 2.45) is 0 Å². The highest BCUT2D eigenvalue weighted by atomic mass is 79.9. The minimum atomic E-state index is -4.35. The lowest BCUT2D eigenvalue weighted by Gasteiger charge is -2.35. The second-order valence-electron chi connectivity index (χ2n) is 8.19. The average molecular weight is 533 g/mol. The van der Waals surface area contributed by atoms with Gasteiger partial charge in [0.2, 0.25) is 0 Å². The van der Waals surface area contributed by atoms with Gasteiger partial charge in [-0.05, 0) is 57.4 Å². The summed E-state index contributed by atoms with van der Waals surface area (Å²) in [4.78, 5) is 16.9. The first-order valence-corrected chi connectivity index (χ1v) is 11.7. The number of para-hydroxylation sites is 1. The number of amides is 1. The monoisotopic (exact) mass is 532 g/mol. The Labute approximate surface area is 205 Å². The molecule has 0 atom stereocenters. The van der Waals surface area contributed by atoms with Gasteiger partial charge in [0, 0.05) is 38.3 Å². The van der Waals surface area contributed by atoms with Gasteiger partial charge in [-0.1, -0.05) is 42.5 Å². The van der Waals surface area contributed by atoms with Crippen LogP contribution < -0.4 is 4.74 Å². The number of carbonyl (C=O) groups is 1. The molecule has 0 bridgehead atoms. The van der Waals surface area contributed by atoms with Crippen LogP contribution >= 0.6 is 15.9 Å². The number of hydrogen-bond acceptors (Lipinski definition) is 3. The van der Waals surface area contributed by atoms with Gasteiger partial charge in [0.05, 0.1) is 10.0 Å². The Bertz CT molecular complexity index is 1140. The summed E-state index contributed by atoms with van der Waals surface area (Å²) < 4.78 is 45.6. The van der Waals surface area contributed by atoms with E-state index in [1.54, 1.807) is 17.0 Å². The van der Waals surface area contributed by atoms with Crippen LogP contribution in [0.5, 0.6) is 5.75 Å². The van der Waals surface area contributed by atoms with E-state index < -0.39 is 11.7 Å². The summed E-state index contributed by atoms with van der Waals surface area (Å²) in [6.45, 7) is 3.02. The molecular weight excluding hydrogens is 509 g/mol. The summed E-state index contributed by atoms with van der Waals surface area (Å²) in [6, 6.07) is 20.4. The molecule has 3 aromatic rings. The summed E-state index contributed by atoms with van der Waals surface area (Å²) in [7, 11) is 0. The van der Waals surface area contributed by atoms with E-state index >= 15 is 0 Å². The van der Waals surface area contributed by atoms with Crippen molar-refractivity contribution < 1.29 is 22.7 Å². The molecule has 1 saturated heterocycles. The number of carbonyl (C=O) groups excluding carboxylic acids is 1. The van der Waals surface area contributed by atoms with Crippen LogP contribution in [0.3, 0.4) is 0 Å². The maximum Gasteiger partial charge on any atom is 0.416 e. The van der Waals surface area contributed by atoms with Crippen LogP contribution in [0.4, 0.5) is 13.2 Å². The normalized spacial score (nSPS) is 14.8. The van der Waals surface area contributed by atoms with Crippen LogP contribution in [0.1, 0.15) is 27.0 Å². The Balaban J connectivity index is 1.32. The van der Waals surface area contributed by atoms with Gasteiger partial charge < -0.3 is 9.64 Å². The summed E-state index contributed by atoms with van der Waals surface area (Å²) in [5.41, 5.74) is 1.47. The van der Waals surface area contributed by atoms with Gasteiger partial charge in [-0.25, -0.2) is 0 Å². The highest BCUT2D eigenvalue weighted by Crippen LogP contribution is 2.30. The molecule has 0 aromatic heterocycles. The smallest absolute Gasteiger partial charge is 0.416 e. The molecule has 0 N–H and O–H groups in total. The summed E-state index contributed by atoms with van der Waals surface area (Å²) in [5.74, 6) is 0.678. The highest BCUT2D eigenvalue weighted by molar-refractivity contribution is 9.10. The van der Waals surface area contributed by atoms with Gasteiger partial charge in [0.1, 0.15) is 12.4 Å². The highest BCUT2D eigenvalue weighted by Gasteiger charge is 2.30. The fraction of sp³-hybridized carbons (Fsp3) is 0.269. The van der Waals surface area contributed by atoms with Crippen LogP contribution in [0.2, 0.25) is 0 Å². The number of alkyl halides is 3. The zero-order valence-electron chi connectivity index (χ0n) is 18.4. The van der Waals surface area contributed by atoms with E-state index in [1.807, 2.05) is 42.5 Å². The third-order valence-corrected chi connectivity index (χ3v) is 6.38. The largest absolute Gasteiger partial charge is 0.488 e. The maximum atomic E-state index is 13.0. The third-order valence-electron chi connectivity index (χ3n) is 5.72. The van der Waals surface area contributed by atoms with Crippen molar-refractivity contribution in [2.75, 3.05) is 26.2 Å². The lowest BCUT2D eigenvalue weighted by Crippen LogP contribution is -2.48. The van der Waals surface area contributed by atoms with Crippen molar-refractivity contribution in [3.63, 3.8) is 0 Å². The molecular formula is C26H24BrF3N2O2. The minimum Gasteiger partial charge on any atom is -0.488 e. The van der Waals surface area contributed by atoms with Crippen LogP contribution in [0.15, 0.2) is 77.3 Å². The second kappa shape index (κ2) is 10.6. The number of nitrogens with zero attached hydrogens (tertiary/aromatic N) is 2. The predicted molar refractivity (Wildman–Crippen MR) is 128 cm³/mol. The Morgan fingerprint density at radius 1 is 0.882 bits per heavy atom. The van der Waals surface area contributed by atoms with E-state index in [1.165, 1.54) is 12.1 Å². The molecule has 1 aliphatic rings. The number of hydrogen-bond donors (Lipinski definition) is 0. The van der Waals surface area contributed by atoms with Crippen molar-refractivity contribution in [3.8, 4) is 5.75 Å². The molecule has 4 nitrogen and oxygen atoms in total. The summed E-state index contributed by atoms with van der Waals surface area (Å²) >= 11 is 3.46. The van der Waals surface area contributed by atoms with E-state index in [0.29, 0.717) is 50.5 Å². The fourth-order valence-corrected chi connectivity index (χ4v) is 4.31. The van der Waals surface area contributed by atoms with Crippen molar-refractivity contribution in [1.82, 2.24) is 9.80 Å². The lowest BCUT2D eigenvalue weighted by molar-refractivity contribution is -0.137. The molecule has 3 aromatic carbocycles. The molecule has 1 aliphatic heterocycles. The standard InChI is InChI=1S/C26H24BrF3N2O2/c27-23-9-1-2-10-24(23)34-18-20-6-3-7-21(15-20)25(33)32-13-11-31(12-14-32)17-19-5-4-8-22(16-19)26(28,29)30/h1-10,15-16H,11-14,17-18H2. The second-order valence-corrected chi connectivity index (χ2v) is 9.04. The quantitative estimate of drug-likeness (QED) is 0.390. The summed E-state index contributed by atoms with van der Waals surface area (Å²) in [5, 5.41) is 0. The Hall–Kier alpha value is -2.84. The molecule has 0 saturated carbocycles. The lowest BCUT2D eigenvalue weighted by atomic mass is 10.1. The molecule has 4 rings (SSSR count). The van der Waals surface area contributed by atoms with E-state index in [0.717, 1.165) is 21.9 Å². The van der Waals surface area contributed by atoms with Crippen molar-refractivity contribution in [1.29, 1.82) is 0 Å². The van der Waals surface area contributed by atoms with E-state index in [4.69, 9.17) is 4.74 Å². The molecule has 1 fully saturated rings. The number of piperazine rings is 1. The summed E-state index contributed by atoms with van der Waals surface area (Å²) in [6.07, 6.45) is -4.35. The van der Waals surface area contributed by atoms with Crippen molar-refractivity contribution >= 4 is 21.8 Å². The zero-order valence-corrected chi connectivity index (χ0v) is 20.0. The first kappa shape index (κ1) is 24.3. The van der Waals surface area contributed by atoms with Gasteiger partial charge in [-0.2, -0.15) is 13.2 Å². The van der Waals surface area contributed by atoms with Crippen molar-refractivity contribution in [3.05, 3.63) is 99.5 Å². The molecule has 0 spiro atoms. The van der Waals surface area contributed by atoms with Crippen molar-refractivity contribution in [2.45, 2.75) is 19.3 Å². The Morgan fingerprint density at radius 2 is 1.59 bits per heavy atom. The Kier molecular flexibility index (Phi) is 7.58. The molecule has 1 amide bonds. The number of halogens is 4. The van der Waals surface area contributed by atoms with Gasteiger partial charge in [0.25, 0.3) is 5.91 Å². The van der Waals surface area contributed by atoms with Gasteiger partial charge in [-0.3, -0.25) is 9.69 Å². The number of benzene rings is 3. The van der Waals surface area contributed by atoms with Gasteiger partial charge in [0.15, 0.2) is 0 Å². The maximum absolute atomic E-state index is 13.0. The number of rotatable bonds is 6. The van der Waals surface area contributed by atoms with Crippen LogP contribution in [0.25, 0.3) is 0 Å². The van der Waals surface area contributed by atoms with E-state index in [-0.39, 0.29) is 5.91 Å². The Morgan fingerprint density at radius 3 is 2.32 bits per heavy atom. The molecule has 0 radical (unpaired) electrons. The molecule has 34 heavy (non-hydrogen) atoms. The fourth-order valence-electron chi connectivity index (χ4n) is 3.91. The topological polar surface area (TPSA) is 32.8 Å². The molecule has 0 unspecified atom stereocenters. The first-order chi connectivity index (χ1) is 16.3. The van der Waals surface area contributed by atoms with Gasteiger partial charge in [-0.15, -0.1) is 0 Å². The minimum absolute atomic E-state index is 0.0542. The van der Waals surface area contributed by atoms with E-state index in [9.17, 15) is 18.0 Å². The van der Waals surface area contributed by atoms with Crippen LogP contribution in [0, 0.1) is 0 Å². The van der Waals surface area contributed by atoms with Crippen LogP contribution in [-0.2, 0) is 19.3 Å². The zero-order chi connectivity index (χ0) is 24.1. The number of ether oxygens (including phenoxy) is 1. The molecule has 0 aliphatic carbocycles. The molecule has 1 heterocycles. The van der Waals surface area contributed by atoms with Crippen LogP contribution in [-0.4, -0.2) is 41.9 Å².